The highest BCUT2D eigenvalue weighted by Gasteiger charge is 2.19. The Hall–Kier alpha value is -1.29. The van der Waals surface area contributed by atoms with Gasteiger partial charge in [0.1, 0.15) is 11.5 Å². The Morgan fingerprint density at radius 2 is 2.12 bits per heavy atom. The molecule has 1 heterocycles. The molecule has 0 spiro atoms. The summed E-state index contributed by atoms with van der Waals surface area (Å²) in [5.74, 6) is 1.47. The lowest BCUT2D eigenvalue weighted by Crippen LogP contribution is -2.36. The zero-order chi connectivity index (χ0) is 12.1. The van der Waals surface area contributed by atoms with E-state index in [4.69, 9.17) is 10.2 Å². The minimum absolute atomic E-state index is 0.0154. The molecule has 16 heavy (non-hydrogen) atoms. The summed E-state index contributed by atoms with van der Waals surface area (Å²) in [6.07, 6.45) is 0.932. The number of carbonyl (C=O) groups excluding carboxylic acids is 1. The van der Waals surface area contributed by atoms with Gasteiger partial charge in [0.05, 0.1) is 5.56 Å². The second-order valence-corrected chi connectivity index (χ2v) is 3.91. The molecule has 1 amide bonds. The topological polar surface area (TPSA) is 59.5 Å². The minimum atomic E-state index is 0.0154. The van der Waals surface area contributed by atoms with Gasteiger partial charge in [-0.15, -0.1) is 0 Å². The molecule has 0 unspecified atom stereocenters. The summed E-state index contributed by atoms with van der Waals surface area (Å²) in [6.45, 7) is 7.52. The molecule has 0 aromatic carbocycles. The maximum atomic E-state index is 12.2. The van der Waals surface area contributed by atoms with E-state index < -0.39 is 0 Å². The lowest BCUT2D eigenvalue weighted by molar-refractivity contribution is 0.0758. The molecule has 0 fully saturated rings. The second kappa shape index (κ2) is 5.70. The third kappa shape index (κ3) is 2.85. The fourth-order valence-electron chi connectivity index (χ4n) is 1.75. The molecule has 1 rings (SSSR count). The number of nitrogens with zero attached hydrogens (tertiary/aromatic N) is 1. The van der Waals surface area contributed by atoms with Crippen LogP contribution in [0.5, 0.6) is 0 Å². The van der Waals surface area contributed by atoms with Gasteiger partial charge in [0.25, 0.3) is 5.91 Å². The van der Waals surface area contributed by atoms with Crippen LogP contribution in [0.15, 0.2) is 10.5 Å². The third-order valence-electron chi connectivity index (χ3n) is 2.45. The molecule has 0 aliphatic carbocycles. The largest absolute Gasteiger partial charge is 0.466 e. The molecule has 4 nitrogen and oxygen atoms in total. The van der Waals surface area contributed by atoms with E-state index in [1.807, 2.05) is 20.8 Å². The number of aryl methyl sites for hydroxylation is 2. The van der Waals surface area contributed by atoms with Crippen molar-refractivity contribution in [3.63, 3.8) is 0 Å². The Bertz CT molecular complexity index is 352. The monoisotopic (exact) mass is 224 g/mol. The lowest BCUT2D eigenvalue weighted by atomic mass is 10.2. The first-order valence-corrected chi connectivity index (χ1v) is 5.66. The molecular formula is C12H20N2O2. The van der Waals surface area contributed by atoms with Crippen LogP contribution in [0.1, 0.15) is 35.2 Å². The number of rotatable bonds is 5. The van der Waals surface area contributed by atoms with Crippen molar-refractivity contribution in [2.24, 2.45) is 5.73 Å². The number of furan rings is 1. The lowest BCUT2D eigenvalue weighted by Gasteiger charge is -2.20. The van der Waals surface area contributed by atoms with E-state index >= 15 is 0 Å². The van der Waals surface area contributed by atoms with Gasteiger partial charge < -0.3 is 15.1 Å². The molecule has 2 N–H and O–H groups in total. The summed E-state index contributed by atoms with van der Waals surface area (Å²) in [7, 11) is 0. The van der Waals surface area contributed by atoms with Gasteiger partial charge in [-0.3, -0.25) is 4.79 Å². The van der Waals surface area contributed by atoms with Crippen LogP contribution in [0.2, 0.25) is 0 Å². The van der Waals surface area contributed by atoms with Gasteiger partial charge in [-0.1, -0.05) is 6.92 Å². The summed E-state index contributed by atoms with van der Waals surface area (Å²) < 4.78 is 5.36. The van der Waals surface area contributed by atoms with Crippen LogP contribution in [-0.2, 0) is 0 Å². The van der Waals surface area contributed by atoms with E-state index in [2.05, 4.69) is 0 Å². The predicted molar refractivity (Wildman–Crippen MR) is 63.4 cm³/mol. The van der Waals surface area contributed by atoms with Gasteiger partial charge in [-0.2, -0.15) is 0 Å². The van der Waals surface area contributed by atoms with Gasteiger partial charge in [0.15, 0.2) is 0 Å². The van der Waals surface area contributed by atoms with Gasteiger partial charge in [-0.25, -0.2) is 0 Å². The van der Waals surface area contributed by atoms with Gasteiger partial charge >= 0.3 is 0 Å². The van der Waals surface area contributed by atoms with E-state index in [9.17, 15) is 4.79 Å². The SMILES string of the molecule is CCCN(CCN)C(=O)c1cc(C)oc1C. The molecule has 4 heteroatoms. The first-order valence-electron chi connectivity index (χ1n) is 5.66. The maximum absolute atomic E-state index is 12.2. The summed E-state index contributed by atoms with van der Waals surface area (Å²) in [6, 6.07) is 1.79. The van der Waals surface area contributed by atoms with Crippen molar-refractivity contribution in [3.05, 3.63) is 23.2 Å². The van der Waals surface area contributed by atoms with E-state index in [0.29, 0.717) is 24.4 Å². The Labute approximate surface area is 96.4 Å². The fourth-order valence-corrected chi connectivity index (χ4v) is 1.75. The molecule has 0 bridgehead atoms. The Balaban J connectivity index is 2.85. The van der Waals surface area contributed by atoms with Gasteiger partial charge in [0, 0.05) is 19.6 Å². The van der Waals surface area contributed by atoms with E-state index in [-0.39, 0.29) is 5.91 Å². The highest BCUT2D eigenvalue weighted by Crippen LogP contribution is 2.16. The van der Waals surface area contributed by atoms with E-state index in [0.717, 1.165) is 18.7 Å². The van der Waals surface area contributed by atoms with Crippen LogP contribution in [0.3, 0.4) is 0 Å². The van der Waals surface area contributed by atoms with Crippen molar-refractivity contribution in [1.82, 2.24) is 4.90 Å². The smallest absolute Gasteiger partial charge is 0.257 e. The Morgan fingerprint density at radius 1 is 1.44 bits per heavy atom. The number of carbonyl (C=O) groups is 1. The molecule has 0 radical (unpaired) electrons. The molecule has 90 valence electrons. The van der Waals surface area contributed by atoms with E-state index in [1.165, 1.54) is 0 Å². The van der Waals surface area contributed by atoms with Gasteiger partial charge in [-0.05, 0) is 26.3 Å². The quantitative estimate of drug-likeness (QED) is 0.828. The van der Waals surface area contributed by atoms with Crippen molar-refractivity contribution >= 4 is 5.91 Å². The average molecular weight is 224 g/mol. The normalized spacial score (nSPS) is 10.5. The molecular weight excluding hydrogens is 204 g/mol. The van der Waals surface area contributed by atoms with Crippen molar-refractivity contribution in [3.8, 4) is 0 Å². The molecule has 0 atom stereocenters. The Morgan fingerprint density at radius 3 is 2.56 bits per heavy atom. The first kappa shape index (κ1) is 12.8. The maximum Gasteiger partial charge on any atom is 0.257 e. The summed E-state index contributed by atoms with van der Waals surface area (Å²) in [4.78, 5) is 13.9. The van der Waals surface area contributed by atoms with Crippen molar-refractivity contribution in [2.45, 2.75) is 27.2 Å². The predicted octanol–water partition coefficient (Wildman–Crippen LogP) is 1.71. The fraction of sp³-hybridized carbons (Fsp3) is 0.583. The van der Waals surface area contributed by atoms with Crippen LogP contribution in [0.25, 0.3) is 0 Å². The summed E-state index contributed by atoms with van der Waals surface area (Å²) >= 11 is 0. The second-order valence-electron chi connectivity index (χ2n) is 3.91. The van der Waals surface area contributed by atoms with Crippen LogP contribution >= 0.6 is 0 Å². The number of hydrogen-bond acceptors (Lipinski definition) is 3. The molecule has 0 aliphatic rings. The molecule has 1 aromatic rings. The summed E-state index contributed by atoms with van der Waals surface area (Å²) in [5.41, 5.74) is 6.15. The zero-order valence-electron chi connectivity index (χ0n) is 10.2. The van der Waals surface area contributed by atoms with Crippen molar-refractivity contribution in [2.75, 3.05) is 19.6 Å². The van der Waals surface area contributed by atoms with Crippen LogP contribution in [0.4, 0.5) is 0 Å². The van der Waals surface area contributed by atoms with Crippen molar-refractivity contribution < 1.29 is 9.21 Å². The Kier molecular flexibility index (Phi) is 4.55. The zero-order valence-corrected chi connectivity index (χ0v) is 10.2. The highest BCUT2D eigenvalue weighted by atomic mass is 16.3. The van der Waals surface area contributed by atoms with Gasteiger partial charge in [0.2, 0.25) is 0 Å². The standard InChI is InChI=1S/C12H20N2O2/c1-4-6-14(7-5-13)12(15)11-8-9(2)16-10(11)3/h8H,4-7,13H2,1-3H3. The van der Waals surface area contributed by atoms with Crippen LogP contribution in [-0.4, -0.2) is 30.4 Å². The molecule has 0 saturated carbocycles. The molecule has 1 aromatic heterocycles. The van der Waals surface area contributed by atoms with Crippen LogP contribution < -0.4 is 5.73 Å². The average Bonchev–Trinajstić information content (AvgIpc) is 2.56. The molecule has 0 saturated heterocycles. The number of amides is 1. The van der Waals surface area contributed by atoms with Crippen LogP contribution in [0, 0.1) is 13.8 Å². The number of hydrogen-bond donors (Lipinski definition) is 1. The first-order chi connectivity index (χ1) is 7.60. The minimum Gasteiger partial charge on any atom is -0.466 e. The number of nitrogens with two attached hydrogens (primary N) is 1. The van der Waals surface area contributed by atoms with Crippen molar-refractivity contribution in [1.29, 1.82) is 0 Å². The summed E-state index contributed by atoms with van der Waals surface area (Å²) in [5, 5.41) is 0. The van der Waals surface area contributed by atoms with E-state index in [1.54, 1.807) is 11.0 Å². The highest BCUT2D eigenvalue weighted by molar-refractivity contribution is 5.95. The third-order valence-corrected chi connectivity index (χ3v) is 2.45. The molecule has 0 aliphatic heterocycles.